The second-order valence-corrected chi connectivity index (χ2v) is 4.23. The molecule has 3 aromatic rings. The predicted molar refractivity (Wildman–Crippen MR) is 73.0 cm³/mol. The minimum Gasteiger partial charge on any atom is -0.398 e. The number of benzene rings is 2. The van der Waals surface area contributed by atoms with Gasteiger partial charge in [-0.25, -0.2) is 4.98 Å². The van der Waals surface area contributed by atoms with Crippen molar-refractivity contribution < 1.29 is 0 Å². The number of nitrogen functional groups attached to an aromatic ring is 1. The van der Waals surface area contributed by atoms with Crippen molar-refractivity contribution in [2.45, 2.75) is 13.3 Å². The molecule has 0 amide bonds. The van der Waals surface area contributed by atoms with Crippen molar-refractivity contribution in [1.82, 2.24) is 4.98 Å². The quantitative estimate of drug-likeness (QED) is 0.505. The van der Waals surface area contributed by atoms with E-state index >= 15 is 0 Å². The van der Waals surface area contributed by atoms with Gasteiger partial charge >= 0.3 is 0 Å². The maximum atomic E-state index is 6.01. The number of pyridine rings is 1. The third kappa shape index (κ3) is 1.53. The van der Waals surface area contributed by atoms with E-state index in [-0.39, 0.29) is 0 Å². The van der Waals surface area contributed by atoms with Gasteiger partial charge in [-0.3, -0.25) is 0 Å². The lowest BCUT2D eigenvalue weighted by Gasteiger charge is -2.08. The van der Waals surface area contributed by atoms with Gasteiger partial charge in [0.25, 0.3) is 0 Å². The number of rotatable bonds is 1. The highest BCUT2D eigenvalue weighted by Crippen LogP contribution is 2.26. The molecule has 2 N–H and O–H groups in total. The van der Waals surface area contributed by atoms with E-state index in [2.05, 4.69) is 24.0 Å². The van der Waals surface area contributed by atoms with Crippen molar-refractivity contribution >= 4 is 27.5 Å². The molecule has 1 heterocycles. The van der Waals surface area contributed by atoms with Crippen molar-refractivity contribution in [3.05, 3.63) is 48.0 Å². The fourth-order valence-electron chi connectivity index (χ4n) is 2.32. The Kier molecular flexibility index (Phi) is 2.22. The minimum atomic E-state index is 0.858. The number of aryl methyl sites for hydroxylation is 1. The second-order valence-electron chi connectivity index (χ2n) is 4.23. The van der Waals surface area contributed by atoms with Crippen molar-refractivity contribution in [2.75, 3.05) is 5.73 Å². The van der Waals surface area contributed by atoms with Gasteiger partial charge in [-0.2, -0.15) is 0 Å². The maximum absolute atomic E-state index is 6.01. The summed E-state index contributed by atoms with van der Waals surface area (Å²) < 4.78 is 0. The summed E-state index contributed by atoms with van der Waals surface area (Å²) in [6.07, 6.45) is 0.934. The Bertz CT molecular complexity index is 702. The number of anilines is 1. The number of nitrogens with two attached hydrogens (primary N) is 1. The van der Waals surface area contributed by atoms with Gasteiger partial charge in [0.1, 0.15) is 0 Å². The molecule has 2 aromatic carbocycles. The van der Waals surface area contributed by atoms with Crippen molar-refractivity contribution in [3.8, 4) is 0 Å². The second kappa shape index (κ2) is 3.74. The van der Waals surface area contributed by atoms with Crippen LogP contribution in [-0.2, 0) is 6.42 Å². The van der Waals surface area contributed by atoms with E-state index < -0.39 is 0 Å². The molecule has 0 aliphatic carbocycles. The van der Waals surface area contributed by atoms with E-state index in [0.29, 0.717) is 0 Å². The SMILES string of the molecule is CCc1c(N)ccc2nc3ccccc3cc12. The van der Waals surface area contributed by atoms with Gasteiger partial charge in [0.2, 0.25) is 0 Å². The topological polar surface area (TPSA) is 38.9 Å². The van der Waals surface area contributed by atoms with E-state index in [1.165, 1.54) is 16.3 Å². The van der Waals surface area contributed by atoms with Gasteiger partial charge in [0.15, 0.2) is 0 Å². The molecular formula is C15H14N2. The van der Waals surface area contributed by atoms with Crippen molar-refractivity contribution in [2.24, 2.45) is 0 Å². The first kappa shape index (κ1) is 10.1. The summed E-state index contributed by atoms with van der Waals surface area (Å²) in [7, 11) is 0. The largest absolute Gasteiger partial charge is 0.398 e. The molecule has 0 saturated carbocycles. The highest BCUT2D eigenvalue weighted by Gasteiger charge is 2.06. The lowest BCUT2D eigenvalue weighted by molar-refractivity contribution is 1.16. The third-order valence-corrected chi connectivity index (χ3v) is 3.20. The van der Waals surface area contributed by atoms with Crippen LogP contribution in [0.3, 0.4) is 0 Å². The molecule has 0 unspecified atom stereocenters. The first-order valence-electron chi connectivity index (χ1n) is 5.86. The van der Waals surface area contributed by atoms with Crippen LogP contribution >= 0.6 is 0 Å². The third-order valence-electron chi connectivity index (χ3n) is 3.20. The highest BCUT2D eigenvalue weighted by atomic mass is 14.7. The molecule has 84 valence electrons. The summed E-state index contributed by atoms with van der Waals surface area (Å²) in [5.41, 5.74) is 10.1. The summed E-state index contributed by atoms with van der Waals surface area (Å²) in [6, 6.07) is 14.3. The molecule has 0 radical (unpaired) electrons. The molecule has 3 rings (SSSR count). The van der Waals surface area contributed by atoms with E-state index in [4.69, 9.17) is 5.73 Å². The fraction of sp³-hybridized carbons (Fsp3) is 0.133. The summed E-state index contributed by atoms with van der Waals surface area (Å²) in [4.78, 5) is 4.67. The molecule has 0 aliphatic heterocycles. The lowest BCUT2D eigenvalue weighted by atomic mass is 10.0. The average molecular weight is 222 g/mol. The van der Waals surface area contributed by atoms with E-state index in [1.54, 1.807) is 0 Å². The summed E-state index contributed by atoms with van der Waals surface area (Å²) >= 11 is 0. The Hall–Kier alpha value is -2.09. The van der Waals surface area contributed by atoms with Gasteiger partial charge in [-0.15, -0.1) is 0 Å². The molecule has 0 fully saturated rings. The van der Waals surface area contributed by atoms with Gasteiger partial charge in [-0.1, -0.05) is 25.1 Å². The van der Waals surface area contributed by atoms with Gasteiger partial charge in [0.05, 0.1) is 11.0 Å². The smallest absolute Gasteiger partial charge is 0.0714 e. The molecule has 2 heteroatoms. The zero-order valence-corrected chi connectivity index (χ0v) is 9.77. The van der Waals surface area contributed by atoms with Crippen LogP contribution in [0.1, 0.15) is 12.5 Å². The van der Waals surface area contributed by atoms with Crippen LogP contribution in [0.5, 0.6) is 0 Å². The Labute approximate surface area is 100 Å². The van der Waals surface area contributed by atoms with Crippen LogP contribution in [-0.4, -0.2) is 4.98 Å². The van der Waals surface area contributed by atoms with Crippen LogP contribution in [0.25, 0.3) is 21.8 Å². The molecule has 0 spiro atoms. The van der Waals surface area contributed by atoms with E-state index in [9.17, 15) is 0 Å². The predicted octanol–water partition coefficient (Wildman–Crippen LogP) is 3.53. The first-order chi connectivity index (χ1) is 8.29. The van der Waals surface area contributed by atoms with Gasteiger partial charge in [-0.05, 0) is 36.2 Å². The summed E-state index contributed by atoms with van der Waals surface area (Å²) in [6.45, 7) is 2.13. The molecule has 0 bridgehead atoms. The lowest BCUT2D eigenvalue weighted by Crippen LogP contribution is -1.95. The summed E-state index contributed by atoms with van der Waals surface area (Å²) in [5, 5.41) is 2.34. The Morgan fingerprint density at radius 1 is 1.06 bits per heavy atom. The molecule has 17 heavy (non-hydrogen) atoms. The first-order valence-corrected chi connectivity index (χ1v) is 5.86. The van der Waals surface area contributed by atoms with Crippen LogP contribution < -0.4 is 5.73 Å². The number of para-hydroxylation sites is 1. The molecule has 1 aromatic heterocycles. The van der Waals surface area contributed by atoms with Crippen LogP contribution in [0.4, 0.5) is 5.69 Å². The number of fused-ring (bicyclic) bond motifs is 2. The standard InChI is InChI=1S/C15H14N2/c1-2-11-12-9-10-5-3-4-6-14(10)17-15(12)8-7-13(11)16/h3-9H,2,16H2,1H3. The molecule has 2 nitrogen and oxygen atoms in total. The Morgan fingerprint density at radius 3 is 2.71 bits per heavy atom. The van der Waals surface area contributed by atoms with Crippen LogP contribution in [0.15, 0.2) is 42.5 Å². The fourth-order valence-corrected chi connectivity index (χ4v) is 2.32. The number of hydrogen-bond donors (Lipinski definition) is 1. The molecule has 0 aliphatic rings. The summed E-state index contributed by atoms with van der Waals surface area (Å²) in [5.74, 6) is 0. The van der Waals surface area contributed by atoms with E-state index in [0.717, 1.165) is 23.1 Å². The number of nitrogens with zero attached hydrogens (tertiary/aromatic N) is 1. The van der Waals surface area contributed by atoms with Crippen molar-refractivity contribution in [1.29, 1.82) is 0 Å². The zero-order valence-electron chi connectivity index (χ0n) is 9.77. The minimum absolute atomic E-state index is 0.858. The van der Waals surface area contributed by atoms with Gasteiger partial charge in [0, 0.05) is 16.5 Å². The monoisotopic (exact) mass is 222 g/mol. The van der Waals surface area contributed by atoms with Crippen LogP contribution in [0.2, 0.25) is 0 Å². The normalized spacial score (nSPS) is 11.1. The van der Waals surface area contributed by atoms with E-state index in [1.807, 2.05) is 30.3 Å². The van der Waals surface area contributed by atoms with Crippen LogP contribution in [0, 0.1) is 0 Å². The molecule has 0 atom stereocenters. The van der Waals surface area contributed by atoms with Gasteiger partial charge < -0.3 is 5.73 Å². The Balaban J connectivity index is 2.47. The number of hydrogen-bond acceptors (Lipinski definition) is 2. The number of aromatic nitrogens is 1. The molecular weight excluding hydrogens is 208 g/mol. The zero-order chi connectivity index (χ0) is 11.8. The average Bonchev–Trinajstić information content (AvgIpc) is 2.36. The maximum Gasteiger partial charge on any atom is 0.0714 e. The van der Waals surface area contributed by atoms with Crippen molar-refractivity contribution in [3.63, 3.8) is 0 Å². The Morgan fingerprint density at radius 2 is 1.88 bits per heavy atom. The molecule has 0 saturated heterocycles. The highest BCUT2D eigenvalue weighted by molar-refractivity contribution is 5.96.